The molecule has 8 nitrogen and oxygen atoms in total. The molecular weight excluding hydrogens is 592 g/mol. The minimum absolute atomic E-state index is 0.604. The molecule has 0 bridgehead atoms. The zero-order valence-corrected chi connectivity index (χ0v) is 27.0. The van der Waals surface area contributed by atoms with Crippen LogP contribution in [0.3, 0.4) is 0 Å². The third kappa shape index (κ3) is 4.37. The number of hydrogen-bond acceptors (Lipinski definition) is 6. The number of aromatic nitrogens is 8. The molecule has 0 spiro atoms. The van der Waals surface area contributed by atoms with Crippen molar-refractivity contribution in [1.29, 1.82) is 0 Å². The molecule has 0 saturated heterocycles. The average molecular weight is 623 g/mol. The molecule has 0 aliphatic carbocycles. The van der Waals surface area contributed by atoms with Gasteiger partial charge < -0.3 is 9.13 Å². The van der Waals surface area contributed by atoms with Crippen molar-refractivity contribution in [1.82, 2.24) is 39.0 Å². The number of rotatable bonds is 4. The van der Waals surface area contributed by atoms with Crippen molar-refractivity contribution in [2.24, 2.45) is 0 Å². The van der Waals surface area contributed by atoms with Crippen LogP contribution >= 0.6 is 0 Å². The predicted octanol–water partition coefficient (Wildman–Crippen LogP) is 8.82. The van der Waals surface area contributed by atoms with E-state index in [0.717, 1.165) is 44.3 Å². The van der Waals surface area contributed by atoms with E-state index in [1.165, 1.54) is 21.8 Å². The average Bonchev–Trinajstić information content (AvgIpc) is 3.60. The van der Waals surface area contributed by atoms with Crippen molar-refractivity contribution in [2.45, 2.75) is 27.7 Å². The van der Waals surface area contributed by atoms with E-state index in [2.05, 4.69) is 138 Å². The van der Waals surface area contributed by atoms with Gasteiger partial charge in [0.25, 0.3) is 0 Å². The van der Waals surface area contributed by atoms with Crippen LogP contribution in [0.1, 0.15) is 23.3 Å². The minimum Gasteiger partial charge on any atom is -0.309 e. The van der Waals surface area contributed by atoms with Gasteiger partial charge in [-0.25, -0.2) is 29.9 Å². The first-order valence-corrected chi connectivity index (χ1v) is 16.0. The predicted molar refractivity (Wildman–Crippen MR) is 192 cm³/mol. The molecule has 0 atom stereocenters. The van der Waals surface area contributed by atoms with Crippen LogP contribution in [0.25, 0.3) is 77.8 Å². The molecule has 0 amide bonds. The summed E-state index contributed by atoms with van der Waals surface area (Å²) in [5.41, 5.74) is 8.36. The van der Waals surface area contributed by atoms with E-state index in [4.69, 9.17) is 9.97 Å². The van der Waals surface area contributed by atoms with Crippen molar-refractivity contribution < 1.29 is 0 Å². The second-order valence-electron chi connectivity index (χ2n) is 12.2. The fourth-order valence-electron chi connectivity index (χ4n) is 7.09. The number of hydrogen-bond donors (Lipinski definition) is 0. The number of para-hydroxylation sites is 3. The number of aryl methyl sites for hydroxylation is 4. The highest BCUT2D eigenvalue weighted by Gasteiger charge is 2.20. The van der Waals surface area contributed by atoms with Crippen LogP contribution < -0.4 is 0 Å². The Balaban J connectivity index is 1.33. The Morgan fingerprint density at radius 1 is 0.396 bits per heavy atom. The summed E-state index contributed by atoms with van der Waals surface area (Å²) in [5.74, 6) is 3.91. The molecule has 4 aromatic heterocycles. The van der Waals surface area contributed by atoms with Crippen molar-refractivity contribution in [2.75, 3.05) is 0 Å². The first-order chi connectivity index (χ1) is 23.4. The van der Waals surface area contributed by atoms with Gasteiger partial charge in [-0.05, 0) is 82.3 Å². The highest BCUT2D eigenvalue weighted by molar-refractivity contribution is 6.12. The normalized spacial score (nSPS) is 11.8. The molecule has 8 heteroatoms. The second kappa shape index (κ2) is 10.6. The van der Waals surface area contributed by atoms with E-state index in [1.807, 2.05) is 27.7 Å². The zero-order valence-electron chi connectivity index (χ0n) is 27.0. The first kappa shape index (κ1) is 28.0. The topological polar surface area (TPSA) is 87.2 Å². The quantitative estimate of drug-likeness (QED) is 0.195. The van der Waals surface area contributed by atoms with Gasteiger partial charge in [-0.1, -0.05) is 54.6 Å². The van der Waals surface area contributed by atoms with Gasteiger partial charge in [-0.15, -0.1) is 0 Å². The summed E-state index contributed by atoms with van der Waals surface area (Å²) in [6, 6.07) is 38.9. The molecule has 9 rings (SSSR count). The number of nitrogens with zero attached hydrogens (tertiary/aromatic N) is 8. The monoisotopic (exact) mass is 622 g/mol. The standard InChI is InChI=1S/C40H30N8/c1-23-41-24(2)44-39(43-23)27-17-19-38(33(21-27)40-45-25(3)42-26(4)46-40)48-36-16-10-7-13-31(36)32-22-28(18-20-37(32)48)47-34-14-8-5-11-29(34)30-12-6-9-15-35(30)47/h5-22H,1-4H3. The van der Waals surface area contributed by atoms with Gasteiger partial charge in [-0.3, -0.25) is 0 Å². The highest BCUT2D eigenvalue weighted by atomic mass is 15.1. The molecule has 0 saturated carbocycles. The molecule has 9 aromatic rings. The largest absolute Gasteiger partial charge is 0.309 e. The van der Waals surface area contributed by atoms with Crippen LogP contribution in [0.5, 0.6) is 0 Å². The molecule has 0 radical (unpaired) electrons. The third-order valence-corrected chi connectivity index (χ3v) is 8.95. The summed E-state index contributed by atoms with van der Waals surface area (Å²) in [6.07, 6.45) is 0. The van der Waals surface area contributed by atoms with Gasteiger partial charge in [0.05, 0.1) is 27.8 Å². The summed E-state index contributed by atoms with van der Waals surface area (Å²) in [7, 11) is 0. The lowest BCUT2D eigenvalue weighted by atomic mass is 10.1. The van der Waals surface area contributed by atoms with Crippen molar-refractivity contribution in [3.8, 4) is 34.2 Å². The number of benzene rings is 5. The Labute approximate surface area is 276 Å². The third-order valence-electron chi connectivity index (χ3n) is 8.95. The second-order valence-corrected chi connectivity index (χ2v) is 12.2. The van der Waals surface area contributed by atoms with Crippen molar-refractivity contribution >= 4 is 43.6 Å². The van der Waals surface area contributed by atoms with Crippen molar-refractivity contribution in [3.63, 3.8) is 0 Å². The van der Waals surface area contributed by atoms with Gasteiger partial charge in [0, 0.05) is 38.4 Å². The van der Waals surface area contributed by atoms with E-state index in [9.17, 15) is 0 Å². The lowest BCUT2D eigenvalue weighted by molar-refractivity contribution is 0.924. The smallest absolute Gasteiger partial charge is 0.165 e. The van der Waals surface area contributed by atoms with Crippen LogP contribution in [-0.4, -0.2) is 39.0 Å². The van der Waals surface area contributed by atoms with Gasteiger partial charge in [-0.2, -0.15) is 0 Å². The van der Waals surface area contributed by atoms with Crippen LogP contribution in [0.15, 0.2) is 109 Å². The van der Waals surface area contributed by atoms with E-state index in [1.54, 1.807) is 0 Å². The Bertz CT molecular complexity index is 2640. The Kier molecular flexibility index (Phi) is 6.20. The van der Waals surface area contributed by atoms with Crippen molar-refractivity contribution in [3.05, 3.63) is 132 Å². The molecule has 0 N–H and O–H groups in total. The molecule has 230 valence electrons. The lowest BCUT2D eigenvalue weighted by Gasteiger charge is -2.15. The van der Waals surface area contributed by atoms with E-state index < -0.39 is 0 Å². The highest BCUT2D eigenvalue weighted by Crippen LogP contribution is 2.39. The summed E-state index contributed by atoms with van der Waals surface area (Å²) in [6.45, 7) is 7.57. The summed E-state index contributed by atoms with van der Waals surface area (Å²) < 4.78 is 4.68. The van der Waals surface area contributed by atoms with Gasteiger partial charge in [0.15, 0.2) is 11.6 Å². The van der Waals surface area contributed by atoms with Crippen LogP contribution in [0, 0.1) is 27.7 Å². The molecule has 0 aliphatic heterocycles. The lowest BCUT2D eigenvalue weighted by Crippen LogP contribution is -2.04. The maximum Gasteiger partial charge on any atom is 0.165 e. The Morgan fingerprint density at radius 2 is 0.875 bits per heavy atom. The van der Waals surface area contributed by atoms with Gasteiger partial charge >= 0.3 is 0 Å². The van der Waals surface area contributed by atoms with Crippen LogP contribution in [0.4, 0.5) is 0 Å². The Hall–Kier alpha value is -6.28. The molecule has 0 fully saturated rings. The molecule has 0 aliphatic rings. The molecule has 4 heterocycles. The fourth-order valence-corrected chi connectivity index (χ4v) is 7.09. The van der Waals surface area contributed by atoms with E-state index in [0.29, 0.717) is 34.9 Å². The van der Waals surface area contributed by atoms with Gasteiger partial charge in [0.2, 0.25) is 0 Å². The maximum absolute atomic E-state index is 4.82. The molecule has 48 heavy (non-hydrogen) atoms. The van der Waals surface area contributed by atoms with Gasteiger partial charge in [0.1, 0.15) is 23.3 Å². The fraction of sp³-hybridized carbons (Fsp3) is 0.100. The summed E-state index contributed by atoms with van der Waals surface area (Å²) in [5, 5.41) is 4.81. The van der Waals surface area contributed by atoms with Crippen LogP contribution in [0.2, 0.25) is 0 Å². The molecular formula is C40H30N8. The first-order valence-electron chi connectivity index (χ1n) is 16.0. The Morgan fingerprint density at radius 3 is 1.46 bits per heavy atom. The summed E-state index contributed by atoms with van der Waals surface area (Å²) in [4.78, 5) is 27.8. The molecule has 5 aromatic carbocycles. The zero-order chi connectivity index (χ0) is 32.5. The molecule has 0 unspecified atom stereocenters. The maximum atomic E-state index is 4.82. The number of fused-ring (bicyclic) bond motifs is 6. The minimum atomic E-state index is 0.604. The summed E-state index contributed by atoms with van der Waals surface area (Å²) >= 11 is 0. The SMILES string of the molecule is Cc1nc(C)nc(-c2ccc(-n3c4ccccc4c4cc(-n5c6ccccc6c6ccccc65)ccc43)c(-c3nc(C)nc(C)n3)c2)n1. The van der Waals surface area contributed by atoms with Crippen LogP contribution in [-0.2, 0) is 0 Å². The van der Waals surface area contributed by atoms with E-state index in [-0.39, 0.29) is 0 Å². The van der Waals surface area contributed by atoms with E-state index >= 15 is 0 Å².